The first-order chi connectivity index (χ1) is 11.9. The summed E-state index contributed by atoms with van der Waals surface area (Å²) in [5.74, 6) is -0.526. The van der Waals surface area contributed by atoms with Gasteiger partial charge in [0.2, 0.25) is 0 Å². The van der Waals surface area contributed by atoms with Crippen molar-refractivity contribution in [3.63, 3.8) is 0 Å². The van der Waals surface area contributed by atoms with Crippen LogP contribution < -0.4 is 10.6 Å². The number of thiazole rings is 1. The fourth-order valence-electron chi connectivity index (χ4n) is 2.42. The molecular weight excluding hydrogens is 337 g/mol. The maximum absolute atomic E-state index is 13.3. The molecule has 128 valence electrons. The van der Waals surface area contributed by atoms with Gasteiger partial charge in [0, 0.05) is 11.4 Å². The van der Waals surface area contributed by atoms with Gasteiger partial charge in [0.15, 0.2) is 5.13 Å². The minimum atomic E-state index is -0.328. The van der Waals surface area contributed by atoms with E-state index in [1.165, 1.54) is 23.5 Å². The summed E-state index contributed by atoms with van der Waals surface area (Å²) in [4.78, 5) is 17.5. The van der Waals surface area contributed by atoms with Gasteiger partial charge in [0.25, 0.3) is 5.91 Å². The zero-order chi connectivity index (χ0) is 18.0. The van der Waals surface area contributed by atoms with Crippen molar-refractivity contribution in [3.05, 3.63) is 70.0 Å². The summed E-state index contributed by atoms with van der Waals surface area (Å²) < 4.78 is 13.3. The van der Waals surface area contributed by atoms with Crippen LogP contribution >= 0.6 is 11.3 Å². The number of carbonyl (C=O) groups is 1. The Balaban J connectivity index is 1.80. The third-order valence-corrected chi connectivity index (χ3v) is 5.00. The van der Waals surface area contributed by atoms with Crippen molar-refractivity contribution in [2.45, 2.75) is 20.8 Å². The van der Waals surface area contributed by atoms with Crippen LogP contribution in [0.3, 0.4) is 0 Å². The molecule has 0 fully saturated rings. The second kappa shape index (κ2) is 7.03. The highest BCUT2D eigenvalue weighted by Gasteiger charge is 2.16. The number of rotatable bonds is 4. The van der Waals surface area contributed by atoms with Crippen LogP contribution in [0.5, 0.6) is 0 Å². The van der Waals surface area contributed by atoms with Crippen LogP contribution in [0.1, 0.15) is 26.5 Å². The van der Waals surface area contributed by atoms with E-state index < -0.39 is 0 Å². The van der Waals surface area contributed by atoms with E-state index in [-0.39, 0.29) is 11.7 Å². The van der Waals surface area contributed by atoms with Gasteiger partial charge in [-0.1, -0.05) is 29.5 Å². The van der Waals surface area contributed by atoms with Crippen molar-refractivity contribution in [1.82, 2.24) is 4.98 Å². The van der Waals surface area contributed by atoms with E-state index in [2.05, 4.69) is 15.6 Å². The Kier molecular flexibility index (Phi) is 4.81. The maximum Gasteiger partial charge on any atom is 0.267 e. The van der Waals surface area contributed by atoms with Crippen LogP contribution in [-0.2, 0) is 0 Å². The van der Waals surface area contributed by atoms with Crippen molar-refractivity contribution in [1.29, 1.82) is 0 Å². The lowest BCUT2D eigenvalue weighted by molar-refractivity contribution is 0.102. The lowest BCUT2D eigenvalue weighted by Gasteiger charge is -2.09. The molecule has 1 amide bonds. The SMILES string of the molecule is Cc1cccc(NC(=O)c2sc(Nc3cccc(F)c3)nc2C)c1C. The molecule has 25 heavy (non-hydrogen) atoms. The smallest absolute Gasteiger partial charge is 0.267 e. The molecule has 1 aromatic heterocycles. The summed E-state index contributed by atoms with van der Waals surface area (Å²) in [5, 5.41) is 6.52. The van der Waals surface area contributed by atoms with E-state index >= 15 is 0 Å². The van der Waals surface area contributed by atoms with Crippen molar-refractivity contribution >= 4 is 33.8 Å². The number of nitrogens with zero attached hydrogens (tertiary/aromatic N) is 1. The molecule has 0 aliphatic heterocycles. The zero-order valence-corrected chi connectivity index (χ0v) is 15.0. The van der Waals surface area contributed by atoms with E-state index in [1.807, 2.05) is 32.0 Å². The van der Waals surface area contributed by atoms with Gasteiger partial charge in [-0.2, -0.15) is 0 Å². The molecule has 4 nitrogen and oxygen atoms in total. The van der Waals surface area contributed by atoms with Gasteiger partial charge in [0.1, 0.15) is 10.7 Å². The molecule has 0 aliphatic rings. The maximum atomic E-state index is 13.3. The van der Waals surface area contributed by atoms with Crippen molar-refractivity contribution in [3.8, 4) is 0 Å². The number of hydrogen-bond donors (Lipinski definition) is 2. The molecule has 1 heterocycles. The average molecular weight is 355 g/mol. The number of nitrogens with one attached hydrogen (secondary N) is 2. The Morgan fingerprint density at radius 3 is 2.64 bits per heavy atom. The number of hydrogen-bond acceptors (Lipinski definition) is 4. The summed E-state index contributed by atoms with van der Waals surface area (Å²) in [7, 11) is 0. The lowest BCUT2D eigenvalue weighted by atomic mass is 10.1. The van der Waals surface area contributed by atoms with Crippen LogP contribution in [0.4, 0.5) is 20.9 Å². The summed E-state index contributed by atoms with van der Waals surface area (Å²) in [6.45, 7) is 5.76. The molecule has 0 unspecified atom stereocenters. The first kappa shape index (κ1) is 17.1. The van der Waals surface area contributed by atoms with Gasteiger partial charge < -0.3 is 10.6 Å². The monoisotopic (exact) mass is 355 g/mol. The van der Waals surface area contributed by atoms with Crippen LogP contribution in [-0.4, -0.2) is 10.9 Å². The van der Waals surface area contributed by atoms with E-state index in [1.54, 1.807) is 19.1 Å². The summed E-state index contributed by atoms with van der Waals surface area (Å²) in [6, 6.07) is 11.9. The predicted octanol–water partition coefficient (Wildman–Crippen LogP) is 5.20. The van der Waals surface area contributed by atoms with Crippen molar-refractivity contribution in [2.24, 2.45) is 0 Å². The lowest BCUT2D eigenvalue weighted by Crippen LogP contribution is -2.12. The highest BCUT2D eigenvalue weighted by Crippen LogP contribution is 2.27. The number of anilines is 3. The predicted molar refractivity (Wildman–Crippen MR) is 100 cm³/mol. The summed E-state index contributed by atoms with van der Waals surface area (Å²) in [6.07, 6.45) is 0. The molecule has 0 saturated carbocycles. The molecule has 2 aromatic carbocycles. The number of aryl methyl sites for hydroxylation is 2. The first-order valence-electron chi connectivity index (χ1n) is 7.81. The Labute approximate surface area is 149 Å². The number of carbonyl (C=O) groups excluding carboxylic acids is 1. The van der Waals surface area contributed by atoms with E-state index in [9.17, 15) is 9.18 Å². The minimum absolute atomic E-state index is 0.198. The molecular formula is C19H18FN3OS. The zero-order valence-electron chi connectivity index (χ0n) is 14.2. The normalized spacial score (nSPS) is 10.6. The Bertz CT molecular complexity index is 936. The second-order valence-corrected chi connectivity index (χ2v) is 6.77. The van der Waals surface area contributed by atoms with E-state index in [0.717, 1.165) is 16.8 Å². The second-order valence-electron chi connectivity index (χ2n) is 5.77. The molecule has 0 aliphatic carbocycles. The Morgan fingerprint density at radius 2 is 1.88 bits per heavy atom. The Hall–Kier alpha value is -2.73. The highest BCUT2D eigenvalue weighted by molar-refractivity contribution is 7.17. The number of halogens is 1. The molecule has 0 atom stereocenters. The van der Waals surface area contributed by atoms with Crippen molar-refractivity contribution < 1.29 is 9.18 Å². The molecule has 0 saturated heterocycles. The Morgan fingerprint density at radius 1 is 1.12 bits per heavy atom. The molecule has 0 radical (unpaired) electrons. The molecule has 2 N–H and O–H groups in total. The summed E-state index contributed by atoms with van der Waals surface area (Å²) >= 11 is 1.24. The van der Waals surface area contributed by atoms with Gasteiger partial charge in [-0.25, -0.2) is 9.37 Å². The quantitative estimate of drug-likeness (QED) is 0.676. The third kappa shape index (κ3) is 3.85. The fourth-order valence-corrected chi connectivity index (χ4v) is 3.30. The number of amides is 1. The van der Waals surface area contributed by atoms with Gasteiger partial charge in [-0.3, -0.25) is 4.79 Å². The fraction of sp³-hybridized carbons (Fsp3) is 0.158. The molecule has 6 heteroatoms. The molecule has 0 spiro atoms. The number of aromatic nitrogens is 1. The largest absolute Gasteiger partial charge is 0.331 e. The van der Waals surface area contributed by atoms with E-state index in [0.29, 0.717) is 21.4 Å². The molecule has 3 aromatic rings. The van der Waals surface area contributed by atoms with Gasteiger partial charge in [-0.15, -0.1) is 0 Å². The van der Waals surface area contributed by atoms with Crippen molar-refractivity contribution in [2.75, 3.05) is 10.6 Å². The van der Waals surface area contributed by atoms with Gasteiger partial charge in [0.05, 0.1) is 5.69 Å². The average Bonchev–Trinajstić information content (AvgIpc) is 2.92. The highest BCUT2D eigenvalue weighted by atomic mass is 32.1. The molecule has 3 rings (SSSR count). The van der Waals surface area contributed by atoms with Gasteiger partial charge >= 0.3 is 0 Å². The van der Waals surface area contributed by atoms with Gasteiger partial charge in [-0.05, 0) is 56.2 Å². The minimum Gasteiger partial charge on any atom is -0.331 e. The first-order valence-corrected chi connectivity index (χ1v) is 8.63. The van der Waals surface area contributed by atoms with Crippen LogP contribution in [0, 0.1) is 26.6 Å². The molecule has 0 bridgehead atoms. The topological polar surface area (TPSA) is 54.0 Å². The van der Waals surface area contributed by atoms with E-state index in [4.69, 9.17) is 0 Å². The van der Waals surface area contributed by atoms with Crippen LogP contribution in [0.15, 0.2) is 42.5 Å². The summed E-state index contributed by atoms with van der Waals surface area (Å²) in [5.41, 5.74) is 4.17. The van der Waals surface area contributed by atoms with Crippen LogP contribution in [0.2, 0.25) is 0 Å². The standard InChI is InChI=1S/C19H18FN3OS/c1-11-6-4-9-16(12(11)2)23-18(24)17-13(3)21-19(25-17)22-15-8-5-7-14(20)10-15/h4-10H,1-3H3,(H,21,22)(H,23,24). The third-order valence-electron chi connectivity index (χ3n) is 3.93. The number of benzene rings is 2. The van der Waals surface area contributed by atoms with Crippen LogP contribution in [0.25, 0.3) is 0 Å².